The Bertz CT molecular complexity index is 197. The second-order valence-electron chi connectivity index (χ2n) is 5.07. The van der Waals surface area contributed by atoms with Gasteiger partial charge in [-0.25, -0.2) is 0 Å². The van der Waals surface area contributed by atoms with E-state index in [-0.39, 0.29) is 6.10 Å². The van der Waals surface area contributed by atoms with Gasteiger partial charge in [-0.05, 0) is 13.3 Å². The Morgan fingerprint density at radius 2 is 1.47 bits per heavy atom. The van der Waals surface area contributed by atoms with Crippen molar-refractivity contribution in [3.8, 4) is 0 Å². The number of aliphatic hydroxyl groups excluding tert-OH is 1. The maximum Gasteiger partial charge on any atom is 0.0639 e. The molecule has 0 amide bonds. The summed E-state index contributed by atoms with van der Waals surface area (Å²) >= 11 is 0. The number of nitrogens with two attached hydrogens (primary N) is 3. The van der Waals surface area contributed by atoms with Crippen LogP contribution in [0, 0.1) is 0 Å². The highest BCUT2D eigenvalue weighted by atomic mass is 16.3. The molecule has 2 atom stereocenters. The molecule has 0 aliphatic heterocycles. The highest BCUT2D eigenvalue weighted by Crippen LogP contribution is 2.07. The normalized spacial score (nSPS) is 15.2. The number of hydrogen-bond donors (Lipinski definition) is 4. The molecule has 0 aromatic carbocycles. The molecule has 0 aromatic rings. The average molecular weight is 275 g/mol. The number of nitrogens with zero attached hydrogens (tertiary/aromatic N) is 2. The van der Waals surface area contributed by atoms with Crippen molar-refractivity contribution in [3.63, 3.8) is 0 Å². The zero-order chi connectivity index (χ0) is 14.7. The molecule has 19 heavy (non-hydrogen) atoms. The van der Waals surface area contributed by atoms with Crippen molar-refractivity contribution in [2.45, 2.75) is 32.4 Å². The minimum atomic E-state index is -0.332. The van der Waals surface area contributed by atoms with Gasteiger partial charge in [-0.15, -0.1) is 0 Å². The van der Waals surface area contributed by atoms with Gasteiger partial charge in [-0.2, -0.15) is 0 Å². The molecule has 0 saturated heterocycles. The van der Waals surface area contributed by atoms with Gasteiger partial charge in [0.1, 0.15) is 0 Å². The molecule has 0 aliphatic rings. The molecule has 0 spiro atoms. The Hall–Kier alpha value is -0.240. The van der Waals surface area contributed by atoms with Gasteiger partial charge in [0.2, 0.25) is 0 Å². The Kier molecular flexibility index (Phi) is 11.4. The van der Waals surface area contributed by atoms with E-state index in [9.17, 15) is 5.11 Å². The summed E-state index contributed by atoms with van der Waals surface area (Å²) in [6, 6.07) is 0.414. The predicted molar refractivity (Wildman–Crippen MR) is 80.9 cm³/mol. The maximum absolute atomic E-state index is 9.54. The van der Waals surface area contributed by atoms with Gasteiger partial charge in [-0.1, -0.05) is 6.92 Å². The summed E-state index contributed by atoms with van der Waals surface area (Å²) in [6.45, 7) is 9.97. The summed E-state index contributed by atoms with van der Waals surface area (Å²) in [7, 11) is 0. The van der Waals surface area contributed by atoms with Crippen LogP contribution in [-0.2, 0) is 0 Å². The summed E-state index contributed by atoms with van der Waals surface area (Å²) < 4.78 is 0. The van der Waals surface area contributed by atoms with Crippen LogP contribution in [0.3, 0.4) is 0 Å². The number of hydrogen-bond acceptors (Lipinski definition) is 6. The molecule has 6 nitrogen and oxygen atoms in total. The van der Waals surface area contributed by atoms with Gasteiger partial charge in [0, 0.05) is 58.4 Å². The van der Waals surface area contributed by atoms with Crippen molar-refractivity contribution in [3.05, 3.63) is 0 Å². The lowest BCUT2D eigenvalue weighted by molar-refractivity contribution is 0.0936. The van der Waals surface area contributed by atoms with Crippen molar-refractivity contribution in [2.75, 3.05) is 52.4 Å². The molecule has 7 N–H and O–H groups in total. The smallest absolute Gasteiger partial charge is 0.0639 e. The highest BCUT2D eigenvalue weighted by Gasteiger charge is 2.19. The molecule has 0 aromatic heterocycles. The lowest BCUT2D eigenvalue weighted by Crippen LogP contribution is -2.49. The van der Waals surface area contributed by atoms with E-state index in [0.717, 1.165) is 32.6 Å². The van der Waals surface area contributed by atoms with Gasteiger partial charge in [-0.3, -0.25) is 9.80 Å². The van der Waals surface area contributed by atoms with Crippen molar-refractivity contribution in [1.82, 2.24) is 9.80 Å². The van der Waals surface area contributed by atoms with Crippen molar-refractivity contribution in [1.29, 1.82) is 0 Å². The van der Waals surface area contributed by atoms with E-state index < -0.39 is 0 Å². The zero-order valence-corrected chi connectivity index (χ0v) is 12.6. The Morgan fingerprint density at radius 1 is 0.947 bits per heavy atom. The fourth-order valence-corrected chi connectivity index (χ4v) is 2.42. The van der Waals surface area contributed by atoms with E-state index in [1.54, 1.807) is 0 Å². The van der Waals surface area contributed by atoms with Crippen LogP contribution in [0.15, 0.2) is 0 Å². The molecule has 0 saturated carbocycles. The fraction of sp³-hybridized carbons (Fsp3) is 1.00. The monoisotopic (exact) mass is 275 g/mol. The molecule has 0 radical (unpaired) electrons. The quantitative estimate of drug-likeness (QED) is 0.350. The molecule has 0 rings (SSSR count). The number of rotatable bonds is 12. The van der Waals surface area contributed by atoms with E-state index in [0.29, 0.717) is 32.2 Å². The molecule has 6 heteroatoms. The lowest BCUT2D eigenvalue weighted by atomic mass is 10.1. The second kappa shape index (κ2) is 11.6. The van der Waals surface area contributed by atoms with Crippen LogP contribution in [0.2, 0.25) is 0 Å². The SMILES string of the molecule is CCC(CN(CCN)CC(C)O)N(CCN)CCN. The van der Waals surface area contributed by atoms with Crippen molar-refractivity contribution in [2.24, 2.45) is 17.2 Å². The third kappa shape index (κ3) is 8.52. The zero-order valence-electron chi connectivity index (χ0n) is 12.6. The minimum absolute atomic E-state index is 0.332. The largest absolute Gasteiger partial charge is 0.392 e. The van der Waals surface area contributed by atoms with Crippen LogP contribution >= 0.6 is 0 Å². The second-order valence-corrected chi connectivity index (χ2v) is 5.07. The van der Waals surface area contributed by atoms with Gasteiger partial charge >= 0.3 is 0 Å². The average Bonchev–Trinajstić information content (AvgIpc) is 2.35. The summed E-state index contributed by atoms with van der Waals surface area (Å²) in [6.07, 6.45) is 0.711. The van der Waals surface area contributed by atoms with Gasteiger partial charge in [0.25, 0.3) is 0 Å². The van der Waals surface area contributed by atoms with Crippen molar-refractivity contribution < 1.29 is 5.11 Å². The first kappa shape index (κ1) is 18.8. The highest BCUT2D eigenvalue weighted by molar-refractivity contribution is 4.76. The van der Waals surface area contributed by atoms with Crippen LogP contribution < -0.4 is 17.2 Å². The molecular formula is C13H33N5O. The number of aliphatic hydroxyl groups is 1. The first-order valence-electron chi connectivity index (χ1n) is 7.33. The topological polar surface area (TPSA) is 105 Å². The Balaban J connectivity index is 4.51. The summed E-state index contributed by atoms with van der Waals surface area (Å²) in [5.41, 5.74) is 17.0. The Morgan fingerprint density at radius 3 is 1.84 bits per heavy atom. The standard InChI is InChI=1S/C13H33N5O/c1-3-13(18(8-5-15)9-6-16)11-17(7-4-14)10-12(2)19/h12-13,19H,3-11,14-16H2,1-2H3. The third-order valence-electron chi connectivity index (χ3n) is 3.26. The molecule has 116 valence electrons. The van der Waals surface area contributed by atoms with Crippen LogP contribution in [-0.4, -0.2) is 79.4 Å². The third-order valence-corrected chi connectivity index (χ3v) is 3.26. The summed E-state index contributed by atoms with van der Waals surface area (Å²) in [4.78, 5) is 4.56. The van der Waals surface area contributed by atoms with Gasteiger partial charge in [0.05, 0.1) is 6.10 Å². The first-order valence-corrected chi connectivity index (χ1v) is 7.33. The van der Waals surface area contributed by atoms with E-state index in [1.165, 1.54) is 0 Å². The lowest BCUT2D eigenvalue weighted by Gasteiger charge is -2.35. The summed E-state index contributed by atoms with van der Waals surface area (Å²) in [5.74, 6) is 0. The molecular weight excluding hydrogens is 242 g/mol. The first-order chi connectivity index (χ1) is 9.08. The van der Waals surface area contributed by atoms with E-state index in [1.807, 2.05) is 6.92 Å². The molecule has 0 bridgehead atoms. The predicted octanol–water partition coefficient (Wildman–Crippen LogP) is -1.37. The van der Waals surface area contributed by atoms with E-state index >= 15 is 0 Å². The Labute approximate surface area is 117 Å². The van der Waals surface area contributed by atoms with Crippen LogP contribution in [0.4, 0.5) is 0 Å². The minimum Gasteiger partial charge on any atom is -0.392 e. The molecule has 2 unspecified atom stereocenters. The van der Waals surface area contributed by atoms with Gasteiger partial charge in [0.15, 0.2) is 0 Å². The van der Waals surface area contributed by atoms with Crippen LogP contribution in [0.5, 0.6) is 0 Å². The van der Waals surface area contributed by atoms with Crippen LogP contribution in [0.25, 0.3) is 0 Å². The molecule has 0 aliphatic carbocycles. The van der Waals surface area contributed by atoms with Gasteiger partial charge < -0.3 is 22.3 Å². The summed E-state index contributed by atoms with van der Waals surface area (Å²) in [5, 5.41) is 9.54. The van der Waals surface area contributed by atoms with Crippen molar-refractivity contribution >= 4 is 0 Å². The molecule has 0 fully saturated rings. The maximum atomic E-state index is 9.54. The molecule has 0 heterocycles. The van der Waals surface area contributed by atoms with Crippen LogP contribution in [0.1, 0.15) is 20.3 Å². The van der Waals surface area contributed by atoms with E-state index in [2.05, 4.69) is 16.7 Å². The fourth-order valence-electron chi connectivity index (χ4n) is 2.42. The van der Waals surface area contributed by atoms with E-state index in [4.69, 9.17) is 17.2 Å².